The van der Waals surface area contributed by atoms with Gasteiger partial charge < -0.3 is 0 Å². The number of thioether (sulfide) groups is 1. The molecule has 0 saturated carbocycles. The van der Waals surface area contributed by atoms with E-state index in [1.807, 2.05) is 11.8 Å². The van der Waals surface area contributed by atoms with Crippen molar-refractivity contribution < 1.29 is 0 Å². The minimum Gasteiger partial charge on any atom is -0.156 e. The lowest BCUT2D eigenvalue weighted by Gasteiger charge is -2.05. The van der Waals surface area contributed by atoms with Crippen LogP contribution in [0.1, 0.15) is 35.1 Å². The molecular weight excluding hydrogens is 116 g/mol. The lowest BCUT2D eigenvalue weighted by Crippen LogP contribution is -1.94. The maximum Gasteiger partial charge on any atom is -0.000711 e. The van der Waals surface area contributed by atoms with Crippen LogP contribution in [0.25, 0.3) is 0 Å². The molecule has 0 saturated heterocycles. The Bertz CT molecular complexity index is 33.7. The van der Waals surface area contributed by atoms with Crippen LogP contribution < -0.4 is 0 Å². The summed E-state index contributed by atoms with van der Waals surface area (Å²) in [6.45, 7) is 8.91. The van der Waals surface area contributed by atoms with Crippen LogP contribution in [0, 0.1) is 0 Å². The molecule has 0 radical (unpaired) electrons. The van der Waals surface area contributed by atoms with E-state index in [0.29, 0.717) is 0 Å². The van der Waals surface area contributed by atoms with Gasteiger partial charge >= 0.3 is 0 Å². The standard InChI is InChI=1S/C6H14S.CH4/c1-5(2)7-6(3)4;/h5-6H,1-4H3;1H4. The highest BCUT2D eigenvalue weighted by atomic mass is 32.2. The highest BCUT2D eigenvalue weighted by Gasteiger charge is 1.95. The van der Waals surface area contributed by atoms with Crippen molar-refractivity contribution in [2.24, 2.45) is 0 Å². The van der Waals surface area contributed by atoms with E-state index in [-0.39, 0.29) is 7.43 Å². The van der Waals surface area contributed by atoms with Gasteiger partial charge in [0.15, 0.2) is 0 Å². The molecule has 0 heterocycles. The van der Waals surface area contributed by atoms with E-state index < -0.39 is 0 Å². The van der Waals surface area contributed by atoms with E-state index in [4.69, 9.17) is 0 Å². The second kappa shape index (κ2) is 5.49. The molecule has 0 aromatic rings. The quantitative estimate of drug-likeness (QED) is 0.559. The number of hydrogen-bond acceptors (Lipinski definition) is 1. The SMILES string of the molecule is C.CC(C)SC(C)C. The zero-order valence-corrected chi connectivity index (χ0v) is 6.38. The van der Waals surface area contributed by atoms with E-state index >= 15 is 0 Å². The monoisotopic (exact) mass is 134 g/mol. The number of hydrogen-bond donors (Lipinski definition) is 0. The first-order valence-electron chi connectivity index (χ1n) is 2.78. The molecule has 0 aromatic heterocycles. The van der Waals surface area contributed by atoms with Crippen LogP contribution in [0.5, 0.6) is 0 Å². The van der Waals surface area contributed by atoms with Crippen molar-refractivity contribution in [1.82, 2.24) is 0 Å². The molecule has 0 N–H and O–H groups in total. The minimum absolute atomic E-state index is 0. The van der Waals surface area contributed by atoms with Gasteiger partial charge in [0, 0.05) is 0 Å². The second-order valence-corrected chi connectivity index (χ2v) is 4.39. The van der Waals surface area contributed by atoms with Gasteiger partial charge in [-0.2, -0.15) is 11.8 Å². The molecular formula is C7H18S. The minimum atomic E-state index is 0. The van der Waals surface area contributed by atoms with E-state index in [0.717, 1.165) is 10.5 Å². The largest absolute Gasteiger partial charge is 0.156 e. The maximum atomic E-state index is 2.23. The molecule has 0 rings (SSSR count). The lowest BCUT2D eigenvalue weighted by molar-refractivity contribution is 1.05. The summed E-state index contributed by atoms with van der Waals surface area (Å²) < 4.78 is 0. The molecule has 52 valence electrons. The fraction of sp³-hybridized carbons (Fsp3) is 1.00. The molecule has 0 spiro atoms. The van der Waals surface area contributed by atoms with E-state index in [1.54, 1.807) is 0 Å². The first kappa shape index (κ1) is 11.2. The average molecular weight is 134 g/mol. The predicted octanol–water partition coefficient (Wildman–Crippen LogP) is 3.17. The Hall–Kier alpha value is 0.350. The van der Waals surface area contributed by atoms with Crippen LogP contribution in [0.4, 0.5) is 0 Å². The molecule has 0 bridgehead atoms. The molecule has 0 amide bonds. The zero-order valence-electron chi connectivity index (χ0n) is 5.56. The van der Waals surface area contributed by atoms with Crippen molar-refractivity contribution in [3.63, 3.8) is 0 Å². The fourth-order valence-electron chi connectivity index (χ4n) is 0.544. The summed E-state index contributed by atoms with van der Waals surface area (Å²) in [6, 6.07) is 0. The summed E-state index contributed by atoms with van der Waals surface area (Å²) in [5, 5.41) is 1.58. The maximum absolute atomic E-state index is 2.23. The van der Waals surface area contributed by atoms with Gasteiger partial charge in [-0.25, -0.2) is 0 Å². The van der Waals surface area contributed by atoms with Crippen molar-refractivity contribution >= 4 is 11.8 Å². The van der Waals surface area contributed by atoms with Crippen LogP contribution in [-0.2, 0) is 0 Å². The summed E-state index contributed by atoms with van der Waals surface area (Å²) >= 11 is 2.01. The van der Waals surface area contributed by atoms with Gasteiger partial charge in [-0.05, 0) is 10.5 Å². The first-order chi connectivity index (χ1) is 3.13. The molecule has 8 heavy (non-hydrogen) atoms. The highest BCUT2D eigenvalue weighted by molar-refractivity contribution is 8.00. The molecule has 0 aliphatic carbocycles. The first-order valence-corrected chi connectivity index (χ1v) is 3.72. The third-order valence-corrected chi connectivity index (χ3v) is 1.63. The molecule has 0 nitrogen and oxygen atoms in total. The smallest absolute Gasteiger partial charge is 0.000711 e. The van der Waals surface area contributed by atoms with Crippen LogP contribution in [0.2, 0.25) is 0 Å². The van der Waals surface area contributed by atoms with Gasteiger partial charge in [0.25, 0.3) is 0 Å². The predicted molar refractivity (Wildman–Crippen MR) is 44.6 cm³/mol. The van der Waals surface area contributed by atoms with Gasteiger partial charge in [0.2, 0.25) is 0 Å². The average Bonchev–Trinajstić information content (AvgIpc) is 1.27. The molecule has 0 unspecified atom stereocenters. The van der Waals surface area contributed by atoms with Crippen LogP contribution in [0.3, 0.4) is 0 Å². The van der Waals surface area contributed by atoms with Crippen LogP contribution in [0.15, 0.2) is 0 Å². The lowest BCUT2D eigenvalue weighted by atomic mass is 10.6. The Morgan fingerprint density at radius 2 is 1.12 bits per heavy atom. The summed E-state index contributed by atoms with van der Waals surface area (Å²) in [7, 11) is 0. The Balaban J connectivity index is 0. The Morgan fingerprint density at radius 3 is 1.12 bits per heavy atom. The Labute approximate surface area is 58.1 Å². The third kappa shape index (κ3) is 9.61. The zero-order chi connectivity index (χ0) is 5.86. The highest BCUT2D eigenvalue weighted by Crippen LogP contribution is 2.14. The number of rotatable bonds is 2. The van der Waals surface area contributed by atoms with Gasteiger partial charge in [-0.15, -0.1) is 0 Å². The molecule has 0 atom stereocenters. The van der Waals surface area contributed by atoms with E-state index in [9.17, 15) is 0 Å². The molecule has 0 fully saturated rings. The third-order valence-electron chi connectivity index (χ3n) is 0.544. The van der Waals surface area contributed by atoms with Crippen LogP contribution >= 0.6 is 11.8 Å². The Kier molecular flexibility index (Phi) is 7.67. The van der Waals surface area contributed by atoms with Crippen molar-refractivity contribution in [2.75, 3.05) is 0 Å². The van der Waals surface area contributed by atoms with Crippen molar-refractivity contribution in [1.29, 1.82) is 0 Å². The molecule has 0 aliphatic heterocycles. The molecule has 1 heteroatoms. The fourth-order valence-corrected chi connectivity index (χ4v) is 1.63. The van der Waals surface area contributed by atoms with Gasteiger partial charge in [-0.3, -0.25) is 0 Å². The topological polar surface area (TPSA) is 0 Å². The normalized spacial score (nSPS) is 9.75. The van der Waals surface area contributed by atoms with Crippen molar-refractivity contribution in [3.8, 4) is 0 Å². The van der Waals surface area contributed by atoms with Crippen molar-refractivity contribution in [3.05, 3.63) is 0 Å². The Morgan fingerprint density at radius 1 is 0.875 bits per heavy atom. The van der Waals surface area contributed by atoms with E-state index in [1.165, 1.54) is 0 Å². The van der Waals surface area contributed by atoms with Gasteiger partial charge in [0.05, 0.1) is 0 Å². The summed E-state index contributed by atoms with van der Waals surface area (Å²) in [5.41, 5.74) is 0. The van der Waals surface area contributed by atoms with Crippen molar-refractivity contribution in [2.45, 2.75) is 45.6 Å². The second-order valence-electron chi connectivity index (χ2n) is 2.23. The molecule has 0 aliphatic rings. The summed E-state index contributed by atoms with van der Waals surface area (Å²) in [4.78, 5) is 0. The summed E-state index contributed by atoms with van der Waals surface area (Å²) in [5.74, 6) is 0. The summed E-state index contributed by atoms with van der Waals surface area (Å²) in [6.07, 6.45) is 0. The van der Waals surface area contributed by atoms with E-state index in [2.05, 4.69) is 27.7 Å². The van der Waals surface area contributed by atoms with Gasteiger partial charge in [0.1, 0.15) is 0 Å². The van der Waals surface area contributed by atoms with Gasteiger partial charge in [-0.1, -0.05) is 35.1 Å². The van der Waals surface area contributed by atoms with Crippen LogP contribution in [-0.4, -0.2) is 10.5 Å². The molecule has 0 aromatic carbocycles.